The van der Waals surface area contributed by atoms with Crippen molar-refractivity contribution in [3.05, 3.63) is 70.9 Å². The highest BCUT2D eigenvalue weighted by Gasteiger charge is 2.16. The van der Waals surface area contributed by atoms with E-state index in [9.17, 15) is 9.18 Å². The Morgan fingerprint density at radius 1 is 1.33 bits per heavy atom. The molecular weight excluding hydrogens is 305 g/mol. The summed E-state index contributed by atoms with van der Waals surface area (Å²) in [4.78, 5) is 21.1. The van der Waals surface area contributed by atoms with Crippen LogP contribution >= 0.6 is 0 Å². The smallest absolute Gasteiger partial charge is 0.211 e. The van der Waals surface area contributed by atoms with Crippen molar-refractivity contribution in [3.8, 4) is 0 Å². The number of nitrogens with zero attached hydrogens (tertiary/aromatic N) is 2. The average Bonchev–Trinajstić information content (AvgIpc) is 2.59. The minimum absolute atomic E-state index is 0.144. The van der Waals surface area contributed by atoms with Crippen molar-refractivity contribution in [2.24, 2.45) is 4.99 Å². The molecule has 0 radical (unpaired) electrons. The lowest BCUT2D eigenvalue weighted by Crippen LogP contribution is -2.09. The fraction of sp³-hybridized carbons (Fsp3) is 0.211. The van der Waals surface area contributed by atoms with E-state index in [1.165, 1.54) is 18.3 Å². The minimum Gasteiger partial charge on any atom is -0.388 e. The summed E-state index contributed by atoms with van der Waals surface area (Å²) in [7, 11) is 1.79. The van der Waals surface area contributed by atoms with E-state index in [2.05, 4.69) is 15.3 Å². The normalized spacial score (nSPS) is 12.2. The molecule has 0 saturated carbocycles. The van der Waals surface area contributed by atoms with Gasteiger partial charge in [-0.1, -0.05) is 12.1 Å². The van der Waals surface area contributed by atoms with Crippen LogP contribution < -0.4 is 5.32 Å². The number of benzene rings is 1. The summed E-state index contributed by atoms with van der Waals surface area (Å²) in [5.74, 6) is -0.669. The maximum absolute atomic E-state index is 13.8. The first kappa shape index (κ1) is 17.5. The molecule has 124 valence electrons. The first-order valence-corrected chi connectivity index (χ1v) is 7.63. The highest BCUT2D eigenvalue weighted by Crippen LogP contribution is 2.20. The number of carbonyl (C=O) groups is 1. The van der Waals surface area contributed by atoms with Gasteiger partial charge in [-0.15, -0.1) is 0 Å². The van der Waals surface area contributed by atoms with Gasteiger partial charge in [0.05, 0.1) is 5.71 Å². The number of halogens is 1. The molecule has 5 heteroatoms. The van der Waals surface area contributed by atoms with Gasteiger partial charge in [0.25, 0.3) is 0 Å². The summed E-state index contributed by atoms with van der Waals surface area (Å²) in [6.07, 6.45) is 3.12. The quantitative estimate of drug-likeness (QED) is 0.510. The molecule has 0 unspecified atom stereocenters. The van der Waals surface area contributed by atoms with Gasteiger partial charge in [0.1, 0.15) is 11.4 Å². The third-order valence-electron chi connectivity index (χ3n) is 3.67. The number of aliphatic imine (C=N–C) groups is 1. The molecule has 0 fully saturated rings. The second kappa shape index (κ2) is 7.64. The van der Waals surface area contributed by atoms with E-state index in [1.54, 1.807) is 33.0 Å². The molecule has 1 heterocycles. The largest absolute Gasteiger partial charge is 0.388 e. The molecule has 2 rings (SSSR count). The van der Waals surface area contributed by atoms with E-state index in [1.807, 2.05) is 19.1 Å². The fourth-order valence-corrected chi connectivity index (χ4v) is 2.29. The van der Waals surface area contributed by atoms with Crippen molar-refractivity contribution in [2.75, 3.05) is 12.4 Å². The summed E-state index contributed by atoms with van der Waals surface area (Å²) in [5, 5.41) is 3.01. The van der Waals surface area contributed by atoms with Crippen LogP contribution in [-0.4, -0.2) is 23.5 Å². The summed E-state index contributed by atoms with van der Waals surface area (Å²) < 4.78 is 13.8. The second-order valence-electron chi connectivity index (χ2n) is 5.31. The van der Waals surface area contributed by atoms with Crippen LogP contribution in [0.15, 0.2) is 53.3 Å². The topological polar surface area (TPSA) is 54.4 Å². The maximum Gasteiger partial charge on any atom is 0.211 e. The molecule has 0 saturated heterocycles. The zero-order chi connectivity index (χ0) is 17.7. The van der Waals surface area contributed by atoms with E-state index < -0.39 is 5.82 Å². The van der Waals surface area contributed by atoms with Gasteiger partial charge in [-0.2, -0.15) is 0 Å². The maximum atomic E-state index is 13.8. The SMILES string of the molecule is C/C=C(\N=C(/C)c1ncccc1F)C(=O)c1cc(NC)ccc1C. The van der Waals surface area contributed by atoms with Crippen molar-refractivity contribution in [2.45, 2.75) is 20.8 Å². The molecular formula is C19H20FN3O. The van der Waals surface area contributed by atoms with Gasteiger partial charge >= 0.3 is 0 Å². The van der Waals surface area contributed by atoms with E-state index in [0.717, 1.165) is 11.3 Å². The molecule has 0 amide bonds. The Morgan fingerprint density at radius 3 is 2.71 bits per heavy atom. The zero-order valence-electron chi connectivity index (χ0n) is 14.2. The number of Topliss-reactive ketones (excluding diaryl/α,β-unsaturated/α-hetero) is 1. The van der Waals surface area contributed by atoms with Crippen molar-refractivity contribution < 1.29 is 9.18 Å². The van der Waals surface area contributed by atoms with Gasteiger partial charge in [-0.05, 0) is 50.6 Å². The molecule has 1 N–H and O–H groups in total. The monoisotopic (exact) mass is 325 g/mol. The number of aryl methyl sites for hydroxylation is 1. The zero-order valence-corrected chi connectivity index (χ0v) is 14.2. The molecule has 0 aliphatic heterocycles. The Kier molecular flexibility index (Phi) is 5.58. The molecule has 1 aromatic carbocycles. The van der Waals surface area contributed by atoms with E-state index in [-0.39, 0.29) is 17.2 Å². The number of aromatic nitrogens is 1. The van der Waals surface area contributed by atoms with Gasteiger partial charge < -0.3 is 5.32 Å². The molecule has 0 bridgehead atoms. The highest BCUT2D eigenvalue weighted by atomic mass is 19.1. The van der Waals surface area contributed by atoms with Crippen LogP contribution in [0.4, 0.5) is 10.1 Å². The second-order valence-corrected chi connectivity index (χ2v) is 5.31. The van der Waals surface area contributed by atoms with Crippen molar-refractivity contribution in [1.29, 1.82) is 0 Å². The lowest BCUT2D eigenvalue weighted by atomic mass is 10.0. The van der Waals surface area contributed by atoms with Crippen molar-refractivity contribution >= 4 is 17.2 Å². The third-order valence-corrected chi connectivity index (χ3v) is 3.67. The fourth-order valence-electron chi connectivity index (χ4n) is 2.29. The van der Waals surface area contributed by atoms with Crippen LogP contribution in [-0.2, 0) is 0 Å². The van der Waals surface area contributed by atoms with Gasteiger partial charge in [-0.25, -0.2) is 9.38 Å². The van der Waals surface area contributed by atoms with E-state index in [4.69, 9.17) is 0 Å². The first-order valence-electron chi connectivity index (χ1n) is 7.63. The molecule has 2 aromatic rings. The van der Waals surface area contributed by atoms with Crippen LogP contribution in [0.1, 0.15) is 35.5 Å². The van der Waals surface area contributed by atoms with E-state index >= 15 is 0 Å². The number of hydrogen-bond acceptors (Lipinski definition) is 4. The Balaban J connectivity index is 2.41. The number of carbonyl (C=O) groups excluding carboxylic acids is 1. The predicted octanol–water partition coefficient (Wildman–Crippen LogP) is 4.17. The third kappa shape index (κ3) is 3.74. The van der Waals surface area contributed by atoms with Crippen LogP contribution in [0, 0.1) is 12.7 Å². The van der Waals surface area contributed by atoms with E-state index in [0.29, 0.717) is 11.3 Å². The van der Waals surface area contributed by atoms with Crippen molar-refractivity contribution in [1.82, 2.24) is 4.98 Å². The van der Waals surface area contributed by atoms with Crippen LogP contribution in [0.2, 0.25) is 0 Å². The molecule has 1 aromatic heterocycles. The summed E-state index contributed by atoms with van der Waals surface area (Å²) in [6, 6.07) is 8.40. The number of rotatable bonds is 5. The Bertz CT molecular complexity index is 825. The Labute approximate surface area is 141 Å². The van der Waals surface area contributed by atoms with Gasteiger partial charge in [0, 0.05) is 24.5 Å². The predicted molar refractivity (Wildman–Crippen MR) is 95.2 cm³/mol. The van der Waals surface area contributed by atoms with Gasteiger partial charge in [0.15, 0.2) is 5.82 Å². The molecule has 4 nitrogen and oxygen atoms in total. The first-order chi connectivity index (χ1) is 11.5. The number of pyridine rings is 1. The van der Waals surface area contributed by atoms with Crippen LogP contribution in [0.5, 0.6) is 0 Å². The molecule has 0 spiro atoms. The van der Waals surface area contributed by atoms with Crippen molar-refractivity contribution in [3.63, 3.8) is 0 Å². The lowest BCUT2D eigenvalue weighted by Gasteiger charge is -2.09. The summed E-state index contributed by atoms with van der Waals surface area (Å²) in [5.41, 5.74) is 3.02. The lowest BCUT2D eigenvalue weighted by molar-refractivity contribution is 0.103. The van der Waals surface area contributed by atoms with Crippen LogP contribution in [0.25, 0.3) is 0 Å². The van der Waals surface area contributed by atoms with Gasteiger partial charge in [-0.3, -0.25) is 9.78 Å². The molecule has 0 atom stereocenters. The Morgan fingerprint density at radius 2 is 2.08 bits per heavy atom. The number of anilines is 1. The number of allylic oxidation sites excluding steroid dienone is 2. The standard InChI is InChI=1S/C19H20FN3O/c1-5-17(23-13(3)18-16(20)7-6-10-22-18)19(24)15-11-14(21-4)9-8-12(15)2/h5-11,21H,1-4H3/b17-5-,23-13+. The number of ketones is 1. The number of nitrogens with one attached hydrogen (secondary N) is 1. The molecule has 24 heavy (non-hydrogen) atoms. The average molecular weight is 325 g/mol. The van der Waals surface area contributed by atoms with Crippen LogP contribution in [0.3, 0.4) is 0 Å². The molecule has 0 aliphatic rings. The number of hydrogen-bond donors (Lipinski definition) is 1. The minimum atomic E-state index is -0.463. The molecule has 0 aliphatic carbocycles. The summed E-state index contributed by atoms with van der Waals surface area (Å²) in [6.45, 7) is 5.24. The van der Waals surface area contributed by atoms with Gasteiger partial charge in [0.2, 0.25) is 5.78 Å². The Hall–Kier alpha value is -2.82. The summed E-state index contributed by atoms with van der Waals surface area (Å²) >= 11 is 0. The highest BCUT2D eigenvalue weighted by molar-refractivity contribution is 6.12.